The van der Waals surface area contributed by atoms with Crippen molar-refractivity contribution >= 4 is 5.91 Å². The lowest BCUT2D eigenvalue weighted by Gasteiger charge is -2.28. The second kappa shape index (κ2) is 5.32. The number of aliphatic hydroxyl groups is 1. The lowest BCUT2D eigenvalue weighted by Crippen LogP contribution is -2.32. The van der Waals surface area contributed by atoms with Gasteiger partial charge in [-0.05, 0) is 37.5 Å². The maximum atomic E-state index is 11.4. The molecule has 0 aliphatic heterocycles. The number of rotatable bonds is 3. The molecule has 0 aliphatic rings. The first-order valence-electron chi connectivity index (χ1n) is 5.80. The van der Waals surface area contributed by atoms with E-state index in [1.165, 1.54) is 12.5 Å². The standard InChI is InChI=1S/C14H21NO2/c1-9-6-10(2)14(11(3)7-9)13(8-16)15(5)12(4)17/h6-7,13,16H,8H2,1-5H3. The van der Waals surface area contributed by atoms with Gasteiger partial charge in [-0.1, -0.05) is 17.7 Å². The van der Waals surface area contributed by atoms with Crippen molar-refractivity contribution < 1.29 is 9.90 Å². The van der Waals surface area contributed by atoms with Gasteiger partial charge in [0.1, 0.15) is 0 Å². The van der Waals surface area contributed by atoms with Crippen LogP contribution in [0.5, 0.6) is 0 Å². The van der Waals surface area contributed by atoms with E-state index in [0.717, 1.165) is 16.7 Å². The van der Waals surface area contributed by atoms with E-state index in [1.807, 2.05) is 20.8 Å². The fourth-order valence-electron chi connectivity index (χ4n) is 2.34. The Morgan fingerprint density at radius 3 is 2.12 bits per heavy atom. The van der Waals surface area contributed by atoms with Crippen molar-refractivity contribution in [2.45, 2.75) is 33.7 Å². The van der Waals surface area contributed by atoms with Crippen LogP contribution >= 0.6 is 0 Å². The molecule has 1 N–H and O–H groups in total. The van der Waals surface area contributed by atoms with Gasteiger partial charge in [-0.2, -0.15) is 0 Å². The monoisotopic (exact) mass is 235 g/mol. The second-order valence-electron chi connectivity index (χ2n) is 4.64. The summed E-state index contributed by atoms with van der Waals surface area (Å²) >= 11 is 0. The summed E-state index contributed by atoms with van der Waals surface area (Å²) in [6.07, 6.45) is 0. The minimum atomic E-state index is -0.256. The number of aliphatic hydroxyl groups excluding tert-OH is 1. The van der Waals surface area contributed by atoms with E-state index >= 15 is 0 Å². The molecule has 0 saturated heterocycles. The van der Waals surface area contributed by atoms with Crippen LogP contribution < -0.4 is 0 Å². The average molecular weight is 235 g/mol. The van der Waals surface area contributed by atoms with Crippen LogP contribution in [0.15, 0.2) is 12.1 Å². The molecule has 0 aliphatic carbocycles. The number of aryl methyl sites for hydroxylation is 3. The summed E-state index contributed by atoms with van der Waals surface area (Å²) in [6, 6.07) is 3.91. The number of hydrogen-bond donors (Lipinski definition) is 1. The molecular formula is C14H21NO2. The molecule has 0 heterocycles. The second-order valence-corrected chi connectivity index (χ2v) is 4.64. The Morgan fingerprint density at radius 1 is 1.29 bits per heavy atom. The average Bonchev–Trinajstić information content (AvgIpc) is 2.21. The molecule has 0 radical (unpaired) electrons. The molecule has 0 spiro atoms. The summed E-state index contributed by atoms with van der Waals surface area (Å²) < 4.78 is 0. The van der Waals surface area contributed by atoms with Gasteiger partial charge in [0.05, 0.1) is 12.6 Å². The number of nitrogens with zero attached hydrogens (tertiary/aromatic N) is 1. The van der Waals surface area contributed by atoms with E-state index < -0.39 is 0 Å². The Labute approximate surface area is 103 Å². The first-order chi connectivity index (χ1) is 7.88. The molecule has 94 valence electrons. The topological polar surface area (TPSA) is 40.5 Å². The number of carbonyl (C=O) groups excluding carboxylic acids is 1. The van der Waals surface area contributed by atoms with E-state index in [9.17, 15) is 9.90 Å². The molecular weight excluding hydrogens is 214 g/mol. The number of likely N-dealkylation sites (N-methyl/N-ethyl adjacent to an activating group) is 1. The van der Waals surface area contributed by atoms with Gasteiger partial charge in [0.25, 0.3) is 0 Å². The van der Waals surface area contributed by atoms with Crippen LogP contribution in [0.25, 0.3) is 0 Å². The van der Waals surface area contributed by atoms with Crippen LogP contribution in [-0.2, 0) is 4.79 Å². The van der Waals surface area contributed by atoms with Gasteiger partial charge >= 0.3 is 0 Å². The normalized spacial score (nSPS) is 12.4. The van der Waals surface area contributed by atoms with Gasteiger partial charge in [0.2, 0.25) is 5.91 Å². The van der Waals surface area contributed by atoms with Gasteiger partial charge in [0, 0.05) is 14.0 Å². The van der Waals surface area contributed by atoms with Gasteiger partial charge in [-0.3, -0.25) is 4.79 Å². The molecule has 0 saturated carbocycles. The number of amides is 1. The highest BCUT2D eigenvalue weighted by Gasteiger charge is 2.21. The van der Waals surface area contributed by atoms with Crippen LogP contribution in [0.2, 0.25) is 0 Å². The maximum Gasteiger partial charge on any atom is 0.219 e. The Morgan fingerprint density at radius 2 is 1.76 bits per heavy atom. The molecule has 0 bridgehead atoms. The smallest absolute Gasteiger partial charge is 0.219 e. The number of hydrogen-bond acceptors (Lipinski definition) is 2. The maximum absolute atomic E-state index is 11.4. The van der Waals surface area contributed by atoms with Crippen molar-refractivity contribution in [2.24, 2.45) is 0 Å². The van der Waals surface area contributed by atoms with Gasteiger partial charge in [-0.25, -0.2) is 0 Å². The van der Waals surface area contributed by atoms with Crippen molar-refractivity contribution in [3.8, 4) is 0 Å². The first-order valence-corrected chi connectivity index (χ1v) is 5.80. The van der Waals surface area contributed by atoms with Crippen molar-refractivity contribution in [3.63, 3.8) is 0 Å². The third-order valence-electron chi connectivity index (χ3n) is 3.21. The molecule has 0 aromatic heterocycles. The lowest BCUT2D eigenvalue weighted by atomic mass is 9.93. The number of benzene rings is 1. The molecule has 1 rings (SSSR count). The Kier molecular flexibility index (Phi) is 4.29. The largest absolute Gasteiger partial charge is 0.394 e. The van der Waals surface area contributed by atoms with E-state index in [1.54, 1.807) is 11.9 Å². The van der Waals surface area contributed by atoms with E-state index in [2.05, 4.69) is 12.1 Å². The zero-order chi connectivity index (χ0) is 13.2. The fraction of sp³-hybridized carbons (Fsp3) is 0.500. The third kappa shape index (κ3) is 2.86. The van der Waals surface area contributed by atoms with Crippen LogP contribution in [0.4, 0.5) is 0 Å². The predicted octanol–water partition coefficient (Wildman–Crippen LogP) is 2.12. The predicted molar refractivity (Wildman–Crippen MR) is 68.9 cm³/mol. The van der Waals surface area contributed by atoms with Gasteiger partial charge in [-0.15, -0.1) is 0 Å². The summed E-state index contributed by atoms with van der Waals surface area (Å²) in [5.74, 6) is -0.0385. The Balaban J connectivity index is 3.25. The third-order valence-corrected chi connectivity index (χ3v) is 3.21. The zero-order valence-electron chi connectivity index (χ0n) is 11.2. The lowest BCUT2D eigenvalue weighted by molar-refractivity contribution is -0.130. The minimum absolute atomic E-state index is 0.0385. The van der Waals surface area contributed by atoms with Crippen molar-refractivity contribution in [3.05, 3.63) is 34.4 Å². The number of carbonyl (C=O) groups is 1. The van der Waals surface area contributed by atoms with Crippen LogP contribution in [0.3, 0.4) is 0 Å². The van der Waals surface area contributed by atoms with E-state index in [4.69, 9.17) is 0 Å². The highest BCUT2D eigenvalue weighted by atomic mass is 16.3. The van der Waals surface area contributed by atoms with Gasteiger partial charge in [0.15, 0.2) is 0 Å². The summed E-state index contributed by atoms with van der Waals surface area (Å²) in [5.41, 5.74) is 4.49. The molecule has 1 amide bonds. The molecule has 1 unspecified atom stereocenters. The summed E-state index contributed by atoms with van der Waals surface area (Å²) in [5, 5.41) is 9.52. The molecule has 1 aromatic carbocycles. The molecule has 3 heteroatoms. The first kappa shape index (κ1) is 13.7. The summed E-state index contributed by atoms with van der Waals surface area (Å²) in [4.78, 5) is 13.0. The van der Waals surface area contributed by atoms with Crippen LogP contribution in [0, 0.1) is 20.8 Å². The molecule has 1 aromatic rings. The summed E-state index contributed by atoms with van der Waals surface area (Å²) in [7, 11) is 1.72. The minimum Gasteiger partial charge on any atom is -0.394 e. The molecule has 3 nitrogen and oxygen atoms in total. The van der Waals surface area contributed by atoms with Crippen molar-refractivity contribution in [1.82, 2.24) is 4.90 Å². The van der Waals surface area contributed by atoms with Gasteiger partial charge < -0.3 is 10.0 Å². The van der Waals surface area contributed by atoms with Crippen LogP contribution in [-0.4, -0.2) is 29.6 Å². The molecule has 1 atom stereocenters. The quantitative estimate of drug-likeness (QED) is 0.871. The fourth-order valence-corrected chi connectivity index (χ4v) is 2.34. The highest BCUT2D eigenvalue weighted by molar-refractivity contribution is 5.73. The SMILES string of the molecule is CC(=O)N(C)C(CO)c1c(C)cc(C)cc1C. The summed E-state index contributed by atoms with van der Waals surface area (Å²) in [6.45, 7) is 7.55. The van der Waals surface area contributed by atoms with E-state index in [0.29, 0.717) is 0 Å². The van der Waals surface area contributed by atoms with Crippen molar-refractivity contribution in [2.75, 3.05) is 13.7 Å². The Hall–Kier alpha value is -1.35. The molecule has 0 fully saturated rings. The molecule has 17 heavy (non-hydrogen) atoms. The van der Waals surface area contributed by atoms with E-state index in [-0.39, 0.29) is 18.6 Å². The van der Waals surface area contributed by atoms with Crippen molar-refractivity contribution in [1.29, 1.82) is 0 Å². The van der Waals surface area contributed by atoms with Crippen LogP contribution in [0.1, 0.15) is 35.2 Å². The highest BCUT2D eigenvalue weighted by Crippen LogP contribution is 2.27. The zero-order valence-corrected chi connectivity index (χ0v) is 11.2. The Bertz CT molecular complexity index is 403.